The van der Waals surface area contributed by atoms with Crippen LogP contribution in [0.1, 0.15) is 47.0 Å². The Kier molecular flexibility index (Phi) is 4.43. The maximum atomic E-state index is 13.0. The third-order valence-electron chi connectivity index (χ3n) is 5.41. The average Bonchev–Trinajstić information content (AvgIpc) is 3.23. The van der Waals surface area contributed by atoms with Crippen LogP contribution in [0.2, 0.25) is 0 Å². The van der Waals surface area contributed by atoms with Crippen molar-refractivity contribution in [2.24, 2.45) is 11.8 Å². The van der Waals surface area contributed by atoms with Crippen molar-refractivity contribution in [2.75, 3.05) is 26.3 Å². The van der Waals surface area contributed by atoms with Crippen LogP contribution in [-0.4, -0.2) is 43.4 Å². The lowest BCUT2D eigenvalue weighted by Crippen LogP contribution is -2.44. The first-order valence-electron chi connectivity index (χ1n) is 8.84. The minimum atomic E-state index is -0.108. The number of nitrogens with zero attached hydrogens (tertiary/aromatic N) is 1. The van der Waals surface area contributed by atoms with Crippen molar-refractivity contribution in [3.8, 4) is 0 Å². The molecule has 2 fully saturated rings. The number of hydrogen-bond acceptors (Lipinski definition) is 4. The van der Waals surface area contributed by atoms with E-state index >= 15 is 0 Å². The van der Waals surface area contributed by atoms with Crippen LogP contribution in [0.5, 0.6) is 0 Å². The zero-order valence-electron chi connectivity index (χ0n) is 13.8. The maximum absolute atomic E-state index is 13.0. The molecule has 1 aromatic rings. The van der Waals surface area contributed by atoms with Gasteiger partial charge >= 0.3 is 0 Å². The Balaban J connectivity index is 1.48. The standard InChI is InChI=1S/C18H25NO3S/c1-12-4-5-14-15(11-23-16(14)9-12)17(20)19-6-2-3-13(10-19)18-21-7-8-22-18/h11-13,18H,2-10H2,1H3. The van der Waals surface area contributed by atoms with Crippen molar-refractivity contribution in [3.05, 3.63) is 21.4 Å². The molecule has 0 radical (unpaired) electrons. The van der Waals surface area contributed by atoms with E-state index in [9.17, 15) is 4.79 Å². The highest BCUT2D eigenvalue weighted by Gasteiger charge is 2.34. The van der Waals surface area contributed by atoms with Crippen LogP contribution in [0, 0.1) is 11.8 Å². The van der Waals surface area contributed by atoms with Crippen molar-refractivity contribution in [2.45, 2.75) is 45.3 Å². The summed E-state index contributed by atoms with van der Waals surface area (Å²) in [4.78, 5) is 16.5. The minimum Gasteiger partial charge on any atom is -0.350 e. The number of amides is 1. The Labute approximate surface area is 141 Å². The van der Waals surface area contributed by atoms with Crippen molar-refractivity contribution in [3.63, 3.8) is 0 Å². The molecule has 2 saturated heterocycles. The number of carbonyl (C=O) groups is 1. The number of thiophene rings is 1. The van der Waals surface area contributed by atoms with Gasteiger partial charge in [0, 0.05) is 29.3 Å². The fourth-order valence-corrected chi connectivity index (χ4v) is 5.33. The predicted molar refractivity (Wildman–Crippen MR) is 89.8 cm³/mol. The lowest BCUT2D eigenvalue weighted by Gasteiger charge is -2.35. The Bertz CT molecular complexity index is 579. The Morgan fingerprint density at radius 3 is 2.96 bits per heavy atom. The molecule has 23 heavy (non-hydrogen) atoms. The second kappa shape index (κ2) is 6.54. The summed E-state index contributed by atoms with van der Waals surface area (Å²) >= 11 is 1.78. The van der Waals surface area contributed by atoms with E-state index in [-0.39, 0.29) is 12.2 Å². The first-order chi connectivity index (χ1) is 11.2. The first kappa shape index (κ1) is 15.6. The summed E-state index contributed by atoms with van der Waals surface area (Å²) in [5, 5.41) is 2.09. The molecule has 1 aliphatic carbocycles. The molecule has 126 valence electrons. The normalized spacial score (nSPS) is 28.8. The molecule has 3 aliphatic rings. The fourth-order valence-electron chi connectivity index (χ4n) is 4.09. The highest BCUT2D eigenvalue weighted by atomic mass is 32.1. The molecular formula is C18H25NO3S. The second-order valence-electron chi connectivity index (χ2n) is 7.16. The molecule has 4 nitrogen and oxygen atoms in total. The Hall–Kier alpha value is -0.910. The van der Waals surface area contributed by atoms with Crippen LogP contribution in [-0.2, 0) is 22.3 Å². The van der Waals surface area contributed by atoms with Crippen LogP contribution < -0.4 is 0 Å². The van der Waals surface area contributed by atoms with Crippen molar-refractivity contribution in [1.82, 2.24) is 4.90 Å². The van der Waals surface area contributed by atoms with Gasteiger partial charge in [0.2, 0.25) is 0 Å². The van der Waals surface area contributed by atoms with E-state index in [1.807, 2.05) is 4.90 Å². The Morgan fingerprint density at radius 2 is 2.13 bits per heavy atom. The third kappa shape index (κ3) is 3.06. The van der Waals surface area contributed by atoms with Crippen LogP contribution >= 0.6 is 11.3 Å². The molecule has 0 saturated carbocycles. The van der Waals surface area contributed by atoms with Gasteiger partial charge in [-0.15, -0.1) is 11.3 Å². The van der Waals surface area contributed by atoms with E-state index in [4.69, 9.17) is 9.47 Å². The minimum absolute atomic E-state index is 0.108. The molecule has 1 amide bonds. The molecular weight excluding hydrogens is 310 g/mol. The van der Waals surface area contributed by atoms with Gasteiger partial charge in [-0.3, -0.25) is 4.79 Å². The summed E-state index contributed by atoms with van der Waals surface area (Å²) < 4.78 is 11.3. The van der Waals surface area contributed by atoms with E-state index < -0.39 is 0 Å². The van der Waals surface area contributed by atoms with Gasteiger partial charge in [-0.05, 0) is 43.6 Å². The van der Waals surface area contributed by atoms with Crippen molar-refractivity contribution in [1.29, 1.82) is 0 Å². The molecule has 3 heterocycles. The molecule has 1 aromatic heterocycles. The molecule has 0 aromatic carbocycles. The Morgan fingerprint density at radius 1 is 1.30 bits per heavy atom. The molecule has 2 unspecified atom stereocenters. The monoisotopic (exact) mass is 335 g/mol. The second-order valence-corrected chi connectivity index (χ2v) is 8.13. The van der Waals surface area contributed by atoms with Gasteiger partial charge in [0.25, 0.3) is 5.91 Å². The van der Waals surface area contributed by atoms with Gasteiger partial charge in [-0.25, -0.2) is 0 Å². The number of hydrogen-bond donors (Lipinski definition) is 0. The molecule has 0 bridgehead atoms. The zero-order valence-corrected chi connectivity index (χ0v) is 14.6. The third-order valence-corrected chi connectivity index (χ3v) is 6.46. The summed E-state index contributed by atoms with van der Waals surface area (Å²) in [6.45, 7) is 5.31. The van der Waals surface area contributed by atoms with E-state index in [2.05, 4.69) is 12.3 Å². The predicted octanol–water partition coefficient (Wildman–Crippen LogP) is 3.10. The number of carbonyl (C=O) groups excluding carboxylic acids is 1. The molecule has 2 atom stereocenters. The molecule has 0 N–H and O–H groups in total. The maximum Gasteiger partial charge on any atom is 0.254 e. The highest BCUT2D eigenvalue weighted by molar-refractivity contribution is 7.10. The first-order valence-corrected chi connectivity index (χ1v) is 9.72. The fraction of sp³-hybridized carbons (Fsp3) is 0.722. The molecule has 5 heteroatoms. The number of likely N-dealkylation sites (tertiary alicyclic amines) is 1. The van der Waals surface area contributed by atoms with Gasteiger partial charge in [0.15, 0.2) is 6.29 Å². The zero-order chi connectivity index (χ0) is 15.8. The summed E-state index contributed by atoms with van der Waals surface area (Å²) in [5.41, 5.74) is 2.29. The van der Waals surface area contributed by atoms with Gasteiger partial charge in [0.1, 0.15) is 0 Å². The van der Waals surface area contributed by atoms with E-state index in [0.717, 1.165) is 50.3 Å². The lowest BCUT2D eigenvalue weighted by atomic mass is 9.88. The molecule has 0 spiro atoms. The highest BCUT2D eigenvalue weighted by Crippen LogP contribution is 2.34. The van der Waals surface area contributed by atoms with Crippen LogP contribution in [0.25, 0.3) is 0 Å². The number of fused-ring (bicyclic) bond motifs is 1. The smallest absolute Gasteiger partial charge is 0.254 e. The van der Waals surface area contributed by atoms with Gasteiger partial charge < -0.3 is 14.4 Å². The number of ether oxygens (including phenoxy) is 2. The van der Waals surface area contributed by atoms with Crippen molar-refractivity contribution < 1.29 is 14.3 Å². The largest absolute Gasteiger partial charge is 0.350 e. The van der Waals surface area contributed by atoms with E-state index in [1.54, 1.807) is 11.3 Å². The van der Waals surface area contributed by atoms with Gasteiger partial charge in [-0.2, -0.15) is 0 Å². The van der Waals surface area contributed by atoms with Crippen molar-refractivity contribution >= 4 is 17.2 Å². The summed E-state index contributed by atoms with van der Waals surface area (Å²) in [7, 11) is 0. The van der Waals surface area contributed by atoms with Gasteiger partial charge in [0.05, 0.1) is 18.8 Å². The SMILES string of the molecule is CC1CCc2c(C(=O)N3CCCC(C4OCCO4)C3)csc2C1. The van der Waals surface area contributed by atoms with E-state index in [1.165, 1.54) is 16.9 Å². The van der Waals surface area contributed by atoms with Gasteiger partial charge in [-0.1, -0.05) is 6.92 Å². The topological polar surface area (TPSA) is 38.8 Å². The van der Waals surface area contributed by atoms with E-state index in [0.29, 0.717) is 19.1 Å². The van der Waals surface area contributed by atoms with Crippen LogP contribution in [0.15, 0.2) is 5.38 Å². The number of rotatable bonds is 2. The molecule has 4 rings (SSSR count). The number of piperidine rings is 1. The lowest BCUT2D eigenvalue weighted by molar-refractivity contribution is -0.0969. The summed E-state index contributed by atoms with van der Waals surface area (Å²) in [5.74, 6) is 1.30. The quantitative estimate of drug-likeness (QED) is 0.834. The van der Waals surface area contributed by atoms with Crippen LogP contribution in [0.3, 0.4) is 0 Å². The average molecular weight is 335 g/mol. The summed E-state index contributed by atoms with van der Waals surface area (Å²) in [6, 6.07) is 0. The summed E-state index contributed by atoms with van der Waals surface area (Å²) in [6.07, 6.45) is 5.43. The van der Waals surface area contributed by atoms with Crippen LogP contribution in [0.4, 0.5) is 0 Å². The molecule has 2 aliphatic heterocycles.